The van der Waals surface area contributed by atoms with Gasteiger partial charge in [0.15, 0.2) is 5.82 Å². The maximum absolute atomic E-state index is 5.36. The number of nitrogens with one attached hydrogen (secondary N) is 2. The van der Waals surface area contributed by atoms with E-state index in [9.17, 15) is 0 Å². The lowest BCUT2D eigenvalue weighted by molar-refractivity contribution is 0.405. The molecule has 138 valence electrons. The molecule has 3 rings (SSSR count). The summed E-state index contributed by atoms with van der Waals surface area (Å²) in [6.07, 6.45) is 10.1. The fourth-order valence-electron chi connectivity index (χ4n) is 2.96. The molecule has 2 aromatic rings. The second-order valence-corrected chi connectivity index (χ2v) is 6.14. The fourth-order valence-corrected chi connectivity index (χ4v) is 2.96. The van der Waals surface area contributed by atoms with Gasteiger partial charge in [-0.2, -0.15) is 10.1 Å². The van der Waals surface area contributed by atoms with Crippen LogP contribution in [-0.4, -0.2) is 35.9 Å². The Hall–Kier alpha value is -2.83. The molecule has 2 N–H and O–H groups in total. The maximum Gasteiger partial charge on any atom is 0.249 e. The number of hydrogen-bond acceptors (Lipinski definition) is 7. The average molecular weight is 355 g/mol. The lowest BCUT2D eigenvalue weighted by Crippen LogP contribution is -2.08. The molecule has 0 saturated heterocycles. The Morgan fingerprint density at radius 3 is 2.85 bits per heavy atom. The van der Waals surface area contributed by atoms with Crippen LogP contribution in [0.4, 0.5) is 17.5 Å². The first kappa shape index (κ1) is 18.0. The summed E-state index contributed by atoms with van der Waals surface area (Å²) in [7, 11) is 3.24. The molecule has 0 aliphatic heterocycles. The van der Waals surface area contributed by atoms with Gasteiger partial charge in [0, 0.05) is 12.6 Å². The number of methoxy groups -OCH3 is 2. The molecule has 26 heavy (non-hydrogen) atoms. The van der Waals surface area contributed by atoms with Crippen LogP contribution in [0.25, 0.3) is 0 Å². The van der Waals surface area contributed by atoms with Crippen LogP contribution >= 0.6 is 0 Å². The molecule has 1 aromatic carbocycles. The zero-order valence-corrected chi connectivity index (χ0v) is 15.3. The van der Waals surface area contributed by atoms with Crippen molar-refractivity contribution in [3.05, 3.63) is 36.0 Å². The second-order valence-electron chi connectivity index (χ2n) is 6.14. The van der Waals surface area contributed by atoms with Crippen LogP contribution in [0.2, 0.25) is 0 Å². The summed E-state index contributed by atoms with van der Waals surface area (Å²) in [4.78, 5) is 4.47. The third-order valence-corrected chi connectivity index (χ3v) is 4.35. The van der Waals surface area contributed by atoms with E-state index < -0.39 is 0 Å². The Kier molecular flexibility index (Phi) is 6.24. The molecule has 1 aliphatic rings. The van der Waals surface area contributed by atoms with Crippen molar-refractivity contribution in [1.29, 1.82) is 0 Å². The van der Waals surface area contributed by atoms with Gasteiger partial charge in [0.25, 0.3) is 0 Å². The molecule has 0 unspecified atom stereocenters. The molecule has 7 nitrogen and oxygen atoms in total. The molecule has 0 saturated carbocycles. The molecule has 1 aliphatic carbocycles. The van der Waals surface area contributed by atoms with E-state index in [0.29, 0.717) is 17.5 Å². The van der Waals surface area contributed by atoms with E-state index in [2.05, 4.69) is 31.9 Å². The first-order chi connectivity index (χ1) is 12.8. The SMILES string of the molecule is COc1ccc(OC)c(Nc2nncc(NCCC3=CCCCC3)n2)c1. The van der Waals surface area contributed by atoms with Crippen LogP contribution in [0.15, 0.2) is 36.0 Å². The third kappa shape index (κ3) is 4.84. The minimum Gasteiger partial charge on any atom is -0.497 e. The van der Waals surface area contributed by atoms with Gasteiger partial charge in [-0.25, -0.2) is 0 Å². The summed E-state index contributed by atoms with van der Waals surface area (Å²) in [6, 6.07) is 5.49. The summed E-state index contributed by atoms with van der Waals surface area (Å²) < 4.78 is 10.6. The summed E-state index contributed by atoms with van der Waals surface area (Å²) in [5.74, 6) is 2.49. The molecule has 1 aromatic heterocycles. The Bertz CT molecular complexity index is 763. The average Bonchev–Trinajstić information content (AvgIpc) is 2.69. The minimum absolute atomic E-state index is 0.401. The number of allylic oxidation sites excluding steroid dienone is 1. The zero-order valence-electron chi connectivity index (χ0n) is 15.3. The predicted octanol–water partition coefficient (Wildman–Crippen LogP) is 3.93. The molecule has 0 atom stereocenters. The number of rotatable bonds is 8. The van der Waals surface area contributed by atoms with Crippen LogP contribution in [0.3, 0.4) is 0 Å². The van der Waals surface area contributed by atoms with E-state index >= 15 is 0 Å². The topological polar surface area (TPSA) is 81.2 Å². The standard InChI is InChI=1S/C19H25N5O2/c1-25-15-8-9-17(26-2)16(12-15)22-19-23-18(13-21-24-19)20-11-10-14-6-4-3-5-7-14/h6,8-9,12-13H,3-5,7,10-11H2,1-2H3,(H2,20,22,23,24). The van der Waals surface area contributed by atoms with Crippen molar-refractivity contribution in [3.8, 4) is 11.5 Å². The highest BCUT2D eigenvalue weighted by Gasteiger charge is 2.08. The lowest BCUT2D eigenvalue weighted by atomic mass is 9.97. The van der Waals surface area contributed by atoms with Gasteiger partial charge in [-0.3, -0.25) is 0 Å². The number of hydrogen-bond donors (Lipinski definition) is 2. The van der Waals surface area contributed by atoms with Gasteiger partial charge in [0.1, 0.15) is 11.5 Å². The zero-order chi connectivity index (χ0) is 18.2. The van der Waals surface area contributed by atoms with Gasteiger partial charge >= 0.3 is 0 Å². The Morgan fingerprint density at radius 2 is 2.08 bits per heavy atom. The van der Waals surface area contributed by atoms with E-state index in [1.54, 1.807) is 20.4 Å². The first-order valence-corrected chi connectivity index (χ1v) is 8.89. The van der Waals surface area contributed by atoms with E-state index in [-0.39, 0.29) is 0 Å². The van der Waals surface area contributed by atoms with E-state index in [1.807, 2.05) is 18.2 Å². The van der Waals surface area contributed by atoms with Crippen molar-refractivity contribution in [3.63, 3.8) is 0 Å². The van der Waals surface area contributed by atoms with Gasteiger partial charge in [-0.1, -0.05) is 11.6 Å². The highest BCUT2D eigenvalue weighted by molar-refractivity contribution is 5.65. The smallest absolute Gasteiger partial charge is 0.249 e. The maximum atomic E-state index is 5.36. The molecule has 7 heteroatoms. The quantitative estimate of drug-likeness (QED) is 0.694. The Balaban J connectivity index is 1.63. The van der Waals surface area contributed by atoms with E-state index in [4.69, 9.17) is 9.47 Å². The van der Waals surface area contributed by atoms with Crippen molar-refractivity contribution in [2.75, 3.05) is 31.4 Å². The summed E-state index contributed by atoms with van der Waals surface area (Å²) in [6.45, 7) is 0.840. The fraction of sp³-hybridized carbons (Fsp3) is 0.421. The molecule has 0 fully saturated rings. The van der Waals surface area contributed by atoms with Crippen LogP contribution < -0.4 is 20.1 Å². The number of aromatic nitrogens is 3. The monoisotopic (exact) mass is 355 g/mol. The number of nitrogens with zero attached hydrogens (tertiary/aromatic N) is 3. The van der Waals surface area contributed by atoms with Crippen LogP contribution in [0.1, 0.15) is 32.1 Å². The van der Waals surface area contributed by atoms with Gasteiger partial charge in [-0.15, -0.1) is 5.10 Å². The molecule has 0 bridgehead atoms. The van der Waals surface area contributed by atoms with Crippen molar-refractivity contribution in [1.82, 2.24) is 15.2 Å². The van der Waals surface area contributed by atoms with Crippen molar-refractivity contribution < 1.29 is 9.47 Å². The molecule has 0 amide bonds. The largest absolute Gasteiger partial charge is 0.497 e. The minimum atomic E-state index is 0.401. The summed E-state index contributed by atoms with van der Waals surface area (Å²) >= 11 is 0. The van der Waals surface area contributed by atoms with Gasteiger partial charge in [0.05, 0.1) is 26.1 Å². The molecule has 0 spiro atoms. The summed E-state index contributed by atoms with van der Waals surface area (Å²) in [5.41, 5.74) is 2.25. The van der Waals surface area contributed by atoms with Crippen LogP contribution in [-0.2, 0) is 0 Å². The van der Waals surface area contributed by atoms with Crippen LogP contribution in [0, 0.1) is 0 Å². The number of benzene rings is 1. The van der Waals surface area contributed by atoms with Crippen molar-refractivity contribution in [2.24, 2.45) is 0 Å². The molecular weight excluding hydrogens is 330 g/mol. The number of anilines is 3. The predicted molar refractivity (Wildman–Crippen MR) is 102 cm³/mol. The first-order valence-electron chi connectivity index (χ1n) is 8.89. The molecule has 1 heterocycles. The highest BCUT2D eigenvalue weighted by Crippen LogP contribution is 2.30. The molecule has 0 radical (unpaired) electrons. The Labute approximate surface area is 153 Å². The normalized spacial score (nSPS) is 13.7. The van der Waals surface area contributed by atoms with E-state index in [1.165, 1.54) is 31.3 Å². The van der Waals surface area contributed by atoms with Gasteiger partial charge in [0.2, 0.25) is 5.95 Å². The highest BCUT2D eigenvalue weighted by atomic mass is 16.5. The van der Waals surface area contributed by atoms with Crippen molar-refractivity contribution >= 4 is 17.5 Å². The van der Waals surface area contributed by atoms with Gasteiger partial charge < -0.3 is 20.1 Å². The lowest BCUT2D eigenvalue weighted by Gasteiger charge is -2.14. The molecular formula is C19H25N5O2. The van der Waals surface area contributed by atoms with E-state index in [0.717, 1.165) is 24.4 Å². The van der Waals surface area contributed by atoms with Crippen LogP contribution in [0.5, 0.6) is 11.5 Å². The van der Waals surface area contributed by atoms with Crippen molar-refractivity contribution in [2.45, 2.75) is 32.1 Å². The Morgan fingerprint density at radius 1 is 1.15 bits per heavy atom. The van der Waals surface area contributed by atoms with Gasteiger partial charge in [-0.05, 0) is 44.2 Å². The number of ether oxygens (including phenoxy) is 2. The third-order valence-electron chi connectivity index (χ3n) is 4.35. The second kappa shape index (κ2) is 9.03. The summed E-state index contributed by atoms with van der Waals surface area (Å²) in [5, 5.41) is 14.5.